The SMILES string of the molecule is COCc1csc(CNCc2ccc(CCF)cc2)c1. The predicted octanol–water partition coefficient (Wildman–Crippen LogP) is 3.70. The summed E-state index contributed by atoms with van der Waals surface area (Å²) in [6, 6.07) is 10.3. The number of benzene rings is 1. The molecule has 0 fully saturated rings. The Bertz CT molecular complexity index is 509. The molecule has 0 aliphatic rings. The van der Waals surface area contributed by atoms with Gasteiger partial charge in [0.25, 0.3) is 0 Å². The molecule has 0 spiro atoms. The van der Waals surface area contributed by atoms with Crippen molar-refractivity contribution in [2.75, 3.05) is 13.8 Å². The van der Waals surface area contributed by atoms with E-state index in [0.29, 0.717) is 13.0 Å². The fourth-order valence-corrected chi connectivity index (χ4v) is 2.87. The third-order valence-electron chi connectivity index (χ3n) is 3.05. The molecule has 2 nitrogen and oxygen atoms in total. The minimum Gasteiger partial charge on any atom is -0.380 e. The third kappa shape index (κ3) is 4.71. The molecule has 0 radical (unpaired) electrons. The van der Waals surface area contributed by atoms with E-state index in [-0.39, 0.29) is 6.67 Å². The van der Waals surface area contributed by atoms with Crippen molar-refractivity contribution in [2.45, 2.75) is 26.1 Å². The van der Waals surface area contributed by atoms with Crippen LogP contribution in [-0.4, -0.2) is 13.8 Å². The van der Waals surface area contributed by atoms with Gasteiger partial charge in [-0.1, -0.05) is 24.3 Å². The monoisotopic (exact) mass is 293 g/mol. The number of hydrogen-bond donors (Lipinski definition) is 1. The van der Waals surface area contributed by atoms with Crippen molar-refractivity contribution in [2.24, 2.45) is 0 Å². The summed E-state index contributed by atoms with van der Waals surface area (Å²) in [5.74, 6) is 0. The highest BCUT2D eigenvalue weighted by atomic mass is 32.1. The van der Waals surface area contributed by atoms with E-state index < -0.39 is 0 Å². The minimum atomic E-state index is -0.292. The largest absolute Gasteiger partial charge is 0.380 e. The fraction of sp³-hybridized carbons (Fsp3) is 0.375. The Morgan fingerprint density at radius 1 is 1.10 bits per heavy atom. The Hall–Kier alpha value is -1.23. The van der Waals surface area contributed by atoms with Crippen LogP contribution in [0, 0.1) is 0 Å². The molecule has 1 N–H and O–H groups in total. The molecule has 0 saturated carbocycles. The fourth-order valence-electron chi connectivity index (χ4n) is 2.02. The van der Waals surface area contributed by atoms with Gasteiger partial charge in [0.1, 0.15) is 0 Å². The number of methoxy groups -OCH3 is 1. The first-order chi connectivity index (χ1) is 9.81. The van der Waals surface area contributed by atoms with Crippen LogP contribution in [0.5, 0.6) is 0 Å². The first-order valence-corrected chi connectivity index (χ1v) is 7.59. The molecule has 20 heavy (non-hydrogen) atoms. The Balaban J connectivity index is 1.76. The van der Waals surface area contributed by atoms with E-state index in [2.05, 4.69) is 28.9 Å². The van der Waals surface area contributed by atoms with E-state index >= 15 is 0 Å². The van der Waals surface area contributed by atoms with Gasteiger partial charge in [-0.3, -0.25) is 4.39 Å². The number of nitrogens with one attached hydrogen (secondary N) is 1. The lowest BCUT2D eigenvalue weighted by atomic mass is 10.1. The molecule has 0 unspecified atom stereocenters. The molecule has 1 aromatic heterocycles. The molecule has 108 valence electrons. The van der Waals surface area contributed by atoms with E-state index in [1.54, 1.807) is 18.4 Å². The standard InChI is InChI=1S/C16H20FNOS/c1-19-11-15-8-16(20-12-15)10-18-9-14-4-2-13(3-5-14)6-7-17/h2-5,8,12,18H,6-7,9-11H2,1H3. The first kappa shape index (κ1) is 15.2. The van der Waals surface area contributed by atoms with Gasteiger partial charge in [0.05, 0.1) is 13.3 Å². The van der Waals surface area contributed by atoms with Crippen molar-refractivity contribution in [3.63, 3.8) is 0 Å². The second-order valence-electron chi connectivity index (χ2n) is 4.71. The molecule has 0 bridgehead atoms. The van der Waals surface area contributed by atoms with Crippen molar-refractivity contribution in [3.05, 3.63) is 57.3 Å². The van der Waals surface area contributed by atoms with Crippen molar-refractivity contribution < 1.29 is 9.13 Å². The van der Waals surface area contributed by atoms with Crippen LogP contribution in [0.15, 0.2) is 35.7 Å². The number of ether oxygens (including phenoxy) is 1. The lowest BCUT2D eigenvalue weighted by molar-refractivity contribution is 0.185. The molecule has 0 amide bonds. The van der Waals surface area contributed by atoms with Crippen molar-refractivity contribution >= 4 is 11.3 Å². The maximum atomic E-state index is 12.2. The molecule has 0 atom stereocenters. The third-order valence-corrected chi connectivity index (χ3v) is 4.04. The van der Waals surface area contributed by atoms with Gasteiger partial charge in [-0.05, 0) is 28.1 Å². The number of aryl methyl sites for hydroxylation is 1. The van der Waals surface area contributed by atoms with E-state index in [0.717, 1.165) is 18.7 Å². The number of alkyl halides is 1. The lowest BCUT2D eigenvalue weighted by Gasteiger charge is -2.04. The highest BCUT2D eigenvalue weighted by Gasteiger charge is 2.00. The van der Waals surface area contributed by atoms with Crippen LogP contribution in [0.2, 0.25) is 0 Å². The number of hydrogen-bond acceptors (Lipinski definition) is 3. The van der Waals surface area contributed by atoms with Crippen LogP contribution in [0.3, 0.4) is 0 Å². The zero-order chi connectivity index (χ0) is 14.2. The maximum absolute atomic E-state index is 12.2. The zero-order valence-electron chi connectivity index (χ0n) is 11.7. The van der Waals surface area contributed by atoms with Gasteiger partial charge >= 0.3 is 0 Å². The van der Waals surface area contributed by atoms with E-state index in [1.165, 1.54) is 16.0 Å². The quantitative estimate of drug-likeness (QED) is 0.801. The van der Waals surface area contributed by atoms with Gasteiger partial charge in [0, 0.05) is 31.5 Å². The number of thiophene rings is 1. The normalized spacial score (nSPS) is 10.9. The van der Waals surface area contributed by atoms with E-state index in [1.807, 2.05) is 12.1 Å². The highest BCUT2D eigenvalue weighted by molar-refractivity contribution is 7.10. The molecular formula is C16H20FNOS. The van der Waals surface area contributed by atoms with Crippen LogP contribution in [0.4, 0.5) is 4.39 Å². The molecule has 0 saturated heterocycles. The van der Waals surface area contributed by atoms with Crippen LogP contribution in [0.1, 0.15) is 21.6 Å². The van der Waals surface area contributed by atoms with Crippen LogP contribution >= 0.6 is 11.3 Å². The molecule has 1 heterocycles. The Labute approximate surface area is 123 Å². The molecule has 1 aromatic carbocycles. The van der Waals surface area contributed by atoms with Gasteiger partial charge in [-0.15, -0.1) is 11.3 Å². The Kier molecular flexibility index (Phi) is 6.18. The minimum absolute atomic E-state index is 0.292. The average molecular weight is 293 g/mol. The summed E-state index contributed by atoms with van der Waals surface area (Å²) in [5.41, 5.74) is 3.50. The Morgan fingerprint density at radius 2 is 1.85 bits per heavy atom. The molecule has 2 aromatic rings. The lowest BCUT2D eigenvalue weighted by Crippen LogP contribution is -2.11. The summed E-state index contributed by atoms with van der Waals surface area (Å²) in [6.07, 6.45) is 0.505. The summed E-state index contributed by atoms with van der Waals surface area (Å²) >= 11 is 1.75. The molecule has 0 aliphatic carbocycles. The van der Waals surface area contributed by atoms with Crippen molar-refractivity contribution in [1.82, 2.24) is 5.32 Å². The van der Waals surface area contributed by atoms with Gasteiger partial charge < -0.3 is 10.1 Å². The maximum Gasteiger partial charge on any atom is 0.0934 e. The summed E-state index contributed by atoms with van der Waals surface area (Å²) in [7, 11) is 1.71. The van der Waals surface area contributed by atoms with Gasteiger partial charge in [0.15, 0.2) is 0 Å². The second-order valence-corrected chi connectivity index (χ2v) is 5.71. The van der Waals surface area contributed by atoms with Crippen molar-refractivity contribution in [1.29, 1.82) is 0 Å². The highest BCUT2D eigenvalue weighted by Crippen LogP contribution is 2.15. The predicted molar refractivity (Wildman–Crippen MR) is 81.7 cm³/mol. The summed E-state index contributed by atoms with van der Waals surface area (Å²) < 4.78 is 17.3. The van der Waals surface area contributed by atoms with Gasteiger partial charge in [-0.2, -0.15) is 0 Å². The first-order valence-electron chi connectivity index (χ1n) is 6.71. The van der Waals surface area contributed by atoms with Gasteiger partial charge in [-0.25, -0.2) is 0 Å². The topological polar surface area (TPSA) is 21.3 Å². The smallest absolute Gasteiger partial charge is 0.0934 e. The van der Waals surface area contributed by atoms with Crippen LogP contribution < -0.4 is 5.32 Å². The summed E-state index contributed by atoms with van der Waals surface area (Å²) in [6.45, 7) is 2.07. The zero-order valence-corrected chi connectivity index (χ0v) is 12.5. The van der Waals surface area contributed by atoms with Crippen LogP contribution in [0.25, 0.3) is 0 Å². The molecule has 2 rings (SSSR count). The molecular weight excluding hydrogens is 273 g/mol. The van der Waals surface area contributed by atoms with Gasteiger partial charge in [0.2, 0.25) is 0 Å². The van der Waals surface area contributed by atoms with Crippen LogP contribution in [-0.2, 0) is 30.9 Å². The second kappa shape index (κ2) is 8.15. The molecule has 0 aliphatic heterocycles. The average Bonchev–Trinajstić information content (AvgIpc) is 2.89. The molecule has 4 heteroatoms. The number of halogens is 1. The Morgan fingerprint density at radius 3 is 2.55 bits per heavy atom. The van der Waals surface area contributed by atoms with E-state index in [9.17, 15) is 4.39 Å². The summed E-state index contributed by atoms with van der Waals surface area (Å²) in [4.78, 5) is 1.31. The van der Waals surface area contributed by atoms with Crippen molar-refractivity contribution in [3.8, 4) is 0 Å². The summed E-state index contributed by atoms with van der Waals surface area (Å²) in [5, 5.41) is 5.55. The van der Waals surface area contributed by atoms with E-state index in [4.69, 9.17) is 4.74 Å². The number of rotatable bonds is 8.